The van der Waals surface area contributed by atoms with E-state index in [4.69, 9.17) is 31.4 Å². The zero-order valence-corrected chi connectivity index (χ0v) is 20.9. The second-order valence-electron chi connectivity index (χ2n) is 8.60. The SMILES string of the molecule is N#Cc1ccnc(OCC(O)N2CCC(c3nc(C4=NOC(c5c(Cl)ccc(F)c5F)C4)cs3)CC2)n1. The third-order valence-electron chi connectivity index (χ3n) is 6.30. The molecule has 2 unspecified atom stereocenters. The first-order valence-electron chi connectivity index (χ1n) is 11.5. The third-order valence-corrected chi connectivity index (χ3v) is 7.63. The van der Waals surface area contributed by atoms with Crippen LogP contribution in [0.15, 0.2) is 34.9 Å². The molecule has 1 saturated heterocycles. The highest BCUT2D eigenvalue weighted by Gasteiger charge is 2.32. The number of aliphatic hydroxyl groups excluding tert-OH is 1. The van der Waals surface area contributed by atoms with Crippen molar-refractivity contribution in [1.29, 1.82) is 5.26 Å². The number of ether oxygens (including phenoxy) is 1. The molecule has 0 bridgehead atoms. The number of oxime groups is 1. The Kier molecular flexibility index (Phi) is 7.57. The van der Waals surface area contributed by atoms with Gasteiger partial charge in [-0.2, -0.15) is 10.2 Å². The van der Waals surface area contributed by atoms with Gasteiger partial charge in [0.25, 0.3) is 0 Å². The maximum atomic E-state index is 14.3. The molecule has 1 N–H and O–H groups in total. The third kappa shape index (κ3) is 5.55. The lowest BCUT2D eigenvalue weighted by molar-refractivity contribution is -0.0408. The van der Waals surface area contributed by atoms with Crippen LogP contribution in [-0.4, -0.2) is 56.6 Å². The zero-order chi connectivity index (χ0) is 25.9. The Hall–Kier alpha value is -3.24. The number of nitrogens with zero attached hydrogens (tertiary/aromatic N) is 6. The smallest absolute Gasteiger partial charge is 0.317 e. The summed E-state index contributed by atoms with van der Waals surface area (Å²) in [5.41, 5.74) is 1.35. The predicted octanol–water partition coefficient (Wildman–Crippen LogP) is 4.18. The van der Waals surface area contributed by atoms with Crippen molar-refractivity contribution in [2.75, 3.05) is 19.7 Å². The van der Waals surface area contributed by atoms with Crippen molar-refractivity contribution in [3.05, 3.63) is 68.4 Å². The number of hydrogen-bond donors (Lipinski definition) is 1. The molecule has 2 aliphatic rings. The summed E-state index contributed by atoms with van der Waals surface area (Å²) in [6.45, 7) is 1.28. The fraction of sp³-hybridized carbons (Fsp3) is 0.375. The molecule has 3 aromatic rings. The van der Waals surface area contributed by atoms with Gasteiger partial charge in [-0.25, -0.2) is 18.7 Å². The van der Waals surface area contributed by atoms with E-state index in [-0.39, 0.29) is 41.2 Å². The average Bonchev–Trinajstić information content (AvgIpc) is 3.60. The number of benzene rings is 1. The first kappa shape index (κ1) is 25.4. The molecule has 2 aromatic heterocycles. The summed E-state index contributed by atoms with van der Waals surface area (Å²) in [7, 11) is 0. The number of likely N-dealkylation sites (tertiary alicyclic amines) is 1. The number of rotatable bonds is 7. The number of piperidine rings is 1. The van der Waals surface area contributed by atoms with Crippen LogP contribution >= 0.6 is 22.9 Å². The van der Waals surface area contributed by atoms with Crippen molar-refractivity contribution in [2.45, 2.75) is 37.5 Å². The van der Waals surface area contributed by atoms with E-state index in [2.05, 4.69) is 15.1 Å². The van der Waals surface area contributed by atoms with Crippen LogP contribution in [0.1, 0.15) is 53.2 Å². The van der Waals surface area contributed by atoms with Gasteiger partial charge in [0.05, 0.1) is 21.3 Å². The first-order chi connectivity index (χ1) is 17.9. The van der Waals surface area contributed by atoms with Gasteiger partial charge in [0.2, 0.25) is 0 Å². The Balaban J connectivity index is 1.14. The maximum absolute atomic E-state index is 14.3. The molecule has 0 spiro atoms. The van der Waals surface area contributed by atoms with Crippen molar-refractivity contribution in [2.24, 2.45) is 5.16 Å². The molecule has 0 aliphatic carbocycles. The Morgan fingerprint density at radius 1 is 1.27 bits per heavy atom. The molecule has 37 heavy (non-hydrogen) atoms. The van der Waals surface area contributed by atoms with Gasteiger partial charge in [0.1, 0.15) is 30.3 Å². The lowest BCUT2D eigenvalue weighted by atomic mass is 9.97. The second kappa shape index (κ2) is 11.0. The number of aliphatic hydroxyl groups is 1. The Morgan fingerprint density at radius 2 is 2.08 bits per heavy atom. The molecule has 2 aliphatic heterocycles. The van der Waals surface area contributed by atoms with Crippen LogP contribution < -0.4 is 4.74 Å². The number of hydrogen-bond acceptors (Lipinski definition) is 10. The van der Waals surface area contributed by atoms with Crippen molar-refractivity contribution in [3.8, 4) is 12.1 Å². The summed E-state index contributed by atoms with van der Waals surface area (Å²) in [5.74, 6) is -1.81. The van der Waals surface area contributed by atoms with Crippen LogP contribution in [0, 0.1) is 23.0 Å². The highest BCUT2D eigenvalue weighted by molar-refractivity contribution is 7.10. The van der Waals surface area contributed by atoms with Gasteiger partial charge >= 0.3 is 6.01 Å². The minimum atomic E-state index is -1.03. The van der Waals surface area contributed by atoms with Crippen molar-refractivity contribution < 1.29 is 23.5 Å². The number of halogens is 3. The van der Waals surface area contributed by atoms with E-state index < -0.39 is 24.0 Å². The van der Waals surface area contributed by atoms with Crippen LogP contribution in [0.5, 0.6) is 6.01 Å². The highest BCUT2D eigenvalue weighted by atomic mass is 35.5. The maximum Gasteiger partial charge on any atom is 0.317 e. The minimum absolute atomic E-state index is 0.0160. The van der Waals surface area contributed by atoms with E-state index in [0.29, 0.717) is 24.5 Å². The van der Waals surface area contributed by atoms with Gasteiger partial charge in [-0.1, -0.05) is 16.8 Å². The monoisotopic (exact) mass is 546 g/mol. The molecule has 0 amide bonds. The van der Waals surface area contributed by atoms with Crippen LogP contribution in [0.2, 0.25) is 5.02 Å². The molecule has 9 nitrogen and oxygen atoms in total. The number of thiazole rings is 1. The van der Waals surface area contributed by atoms with E-state index in [1.54, 1.807) is 0 Å². The lowest BCUT2D eigenvalue weighted by Gasteiger charge is -2.34. The molecule has 5 rings (SSSR count). The lowest BCUT2D eigenvalue weighted by Crippen LogP contribution is -2.44. The molecule has 13 heteroatoms. The highest BCUT2D eigenvalue weighted by Crippen LogP contribution is 2.37. The fourth-order valence-electron chi connectivity index (χ4n) is 4.30. The predicted molar refractivity (Wildman–Crippen MR) is 130 cm³/mol. The molecule has 1 aromatic carbocycles. The van der Waals surface area contributed by atoms with Crippen LogP contribution in [0.4, 0.5) is 8.78 Å². The van der Waals surface area contributed by atoms with Gasteiger partial charge in [-0.15, -0.1) is 11.3 Å². The summed E-state index contributed by atoms with van der Waals surface area (Å²) in [6.07, 6.45) is 1.59. The molecule has 4 heterocycles. The zero-order valence-electron chi connectivity index (χ0n) is 19.4. The quantitative estimate of drug-likeness (QED) is 0.439. The molecular weight excluding hydrogens is 526 g/mol. The molecule has 2 atom stereocenters. The minimum Gasteiger partial charge on any atom is -0.459 e. The van der Waals surface area contributed by atoms with Crippen LogP contribution in [0.25, 0.3) is 0 Å². The van der Waals surface area contributed by atoms with Crippen LogP contribution in [-0.2, 0) is 4.84 Å². The standard InChI is InChI=1S/C24H21ClF2N6O3S/c25-15-1-2-16(26)22(27)21(15)19-9-17(32-36-19)18-12-37-23(31-18)13-4-7-33(8-5-13)20(34)11-35-24-29-6-3-14(10-28)30-24/h1-3,6,12-13,19-20,34H,4-5,7-9,11H2. The molecule has 192 valence electrons. The van der Waals surface area contributed by atoms with Crippen molar-refractivity contribution >= 4 is 28.6 Å². The van der Waals surface area contributed by atoms with E-state index in [0.717, 1.165) is 23.9 Å². The number of nitriles is 1. The van der Waals surface area contributed by atoms with Gasteiger partial charge in [-0.05, 0) is 31.0 Å². The van der Waals surface area contributed by atoms with Gasteiger partial charge < -0.3 is 14.7 Å². The molecule has 1 fully saturated rings. The molecule has 0 saturated carbocycles. The summed E-state index contributed by atoms with van der Waals surface area (Å²) in [4.78, 5) is 19.9. The van der Waals surface area contributed by atoms with Crippen LogP contribution in [0.3, 0.4) is 0 Å². The molecular formula is C24H21ClF2N6O3S. The second-order valence-corrected chi connectivity index (χ2v) is 9.90. The van der Waals surface area contributed by atoms with E-state index >= 15 is 0 Å². The summed E-state index contributed by atoms with van der Waals surface area (Å²) in [5, 5.41) is 26.4. The Bertz CT molecular complexity index is 1360. The Labute approximate surface area is 220 Å². The summed E-state index contributed by atoms with van der Waals surface area (Å²) >= 11 is 7.59. The summed E-state index contributed by atoms with van der Waals surface area (Å²) < 4.78 is 33.4. The largest absolute Gasteiger partial charge is 0.459 e. The van der Waals surface area contributed by atoms with E-state index in [1.165, 1.54) is 29.7 Å². The van der Waals surface area contributed by atoms with Gasteiger partial charge in [0, 0.05) is 37.0 Å². The first-order valence-corrected chi connectivity index (χ1v) is 12.8. The van der Waals surface area contributed by atoms with E-state index in [9.17, 15) is 13.9 Å². The number of aromatic nitrogens is 3. The normalized spacial score (nSPS) is 19.2. The topological polar surface area (TPSA) is 117 Å². The van der Waals surface area contributed by atoms with E-state index in [1.807, 2.05) is 16.3 Å². The average molecular weight is 547 g/mol. The fourth-order valence-corrected chi connectivity index (χ4v) is 5.57. The van der Waals surface area contributed by atoms with Gasteiger partial charge in [0.15, 0.2) is 17.7 Å². The van der Waals surface area contributed by atoms with Crippen molar-refractivity contribution in [3.63, 3.8) is 0 Å². The van der Waals surface area contributed by atoms with Crippen molar-refractivity contribution in [1.82, 2.24) is 19.9 Å². The Morgan fingerprint density at radius 3 is 2.86 bits per heavy atom. The summed E-state index contributed by atoms with van der Waals surface area (Å²) in [6, 6.07) is 5.72. The van der Waals surface area contributed by atoms with Gasteiger partial charge in [-0.3, -0.25) is 4.90 Å². The molecule has 0 radical (unpaired) electrons.